The first kappa shape index (κ1) is 12.1. The number of hydrogen-bond donors (Lipinski definition) is 1. The van der Waals surface area contributed by atoms with E-state index in [1.165, 1.54) is 6.20 Å². The summed E-state index contributed by atoms with van der Waals surface area (Å²) in [7, 11) is 1.79. The van der Waals surface area contributed by atoms with Gasteiger partial charge in [0.1, 0.15) is 0 Å². The van der Waals surface area contributed by atoms with Crippen molar-refractivity contribution in [3.63, 3.8) is 0 Å². The molecule has 0 spiro atoms. The van der Waals surface area contributed by atoms with Crippen LogP contribution in [0.1, 0.15) is 22.5 Å². The number of aromatic nitrogens is 2. The third kappa shape index (κ3) is 2.99. The third-order valence-corrected chi connectivity index (χ3v) is 2.26. The van der Waals surface area contributed by atoms with Gasteiger partial charge in [-0.1, -0.05) is 5.11 Å². The summed E-state index contributed by atoms with van der Waals surface area (Å²) in [4.78, 5) is 14.3. The molecule has 0 saturated carbocycles. The van der Waals surface area contributed by atoms with Crippen LogP contribution in [0, 0.1) is 6.92 Å². The van der Waals surface area contributed by atoms with Gasteiger partial charge in [0.15, 0.2) is 0 Å². The van der Waals surface area contributed by atoms with Crippen molar-refractivity contribution in [3.05, 3.63) is 27.9 Å². The average Bonchev–Trinajstić information content (AvgIpc) is 2.59. The summed E-state index contributed by atoms with van der Waals surface area (Å²) in [5.74, 6) is -0.147. The summed E-state index contributed by atoms with van der Waals surface area (Å²) in [6.07, 6.45) is 2.17. The molecule has 0 atom stereocenters. The van der Waals surface area contributed by atoms with E-state index >= 15 is 0 Å². The van der Waals surface area contributed by atoms with Crippen LogP contribution in [0.3, 0.4) is 0 Å². The van der Waals surface area contributed by atoms with Gasteiger partial charge in [-0.15, -0.1) is 0 Å². The minimum absolute atomic E-state index is 0.147. The van der Waals surface area contributed by atoms with Gasteiger partial charge in [0.25, 0.3) is 5.91 Å². The molecule has 86 valence electrons. The van der Waals surface area contributed by atoms with Gasteiger partial charge < -0.3 is 5.32 Å². The van der Waals surface area contributed by atoms with Crippen LogP contribution in [-0.2, 0) is 7.05 Å². The number of amides is 1. The van der Waals surface area contributed by atoms with Gasteiger partial charge in [0.05, 0.1) is 11.8 Å². The molecule has 1 rings (SSSR count). The lowest BCUT2D eigenvalue weighted by molar-refractivity contribution is 0.0953. The van der Waals surface area contributed by atoms with Crippen LogP contribution in [0.25, 0.3) is 10.4 Å². The molecule has 1 aromatic heterocycles. The second kappa shape index (κ2) is 5.77. The maximum absolute atomic E-state index is 11.6. The largest absolute Gasteiger partial charge is 0.352 e. The zero-order valence-electron chi connectivity index (χ0n) is 9.34. The van der Waals surface area contributed by atoms with Gasteiger partial charge in [-0.25, -0.2) is 0 Å². The molecule has 7 heteroatoms. The number of hydrogen-bond acceptors (Lipinski definition) is 3. The summed E-state index contributed by atoms with van der Waals surface area (Å²) < 4.78 is 1.65. The van der Waals surface area contributed by atoms with Crippen LogP contribution < -0.4 is 5.32 Å². The van der Waals surface area contributed by atoms with E-state index in [-0.39, 0.29) is 5.91 Å². The molecule has 7 nitrogen and oxygen atoms in total. The molecule has 1 heterocycles. The number of carbonyl (C=O) groups is 1. The summed E-state index contributed by atoms with van der Waals surface area (Å²) in [5.41, 5.74) is 9.45. The Bertz CT molecular complexity index is 418. The van der Waals surface area contributed by atoms with Crippen molar-refractivity contribution in [2.24, 2.45) is 12.2 Å². The third-order valence-electron chi connectivity index (χ3n) is 2.26. The molecule has 0 fully saturated rings. The highest BCUT2D eigenvalue weighted by Gasteiger charge is 2.11. The van der Waals surface area contributed by atoms with Crippen LogP contribution in [0.15, 0.2) is 11.3 Å². The van der Waals surface area contributed by atoms with Crippen molar-refractivity contribution >= 4 is 5.91 Å². The normalized spacial score (nSPS) is 9.62. The Labute approximate surface area is 93.1 Å². The predicted octanol–water partition coefficient (Wildman–Crippen LogP) is 1.16. The fourth-order valence-electron chi connectivity index (χ4n) is 1.21. The van der Waals surface area contributed by atoms with E-state index in [4.69, 9.17) is 5.53 Å². The molecule has 0 aliphatic carbocycles. The summed E-state index contributed by atoms with van der Waals surface area (Å²) in [6.45, 7) is 2.72. The first-order chi connectivity index (χ1) is 7.66. The van der Waals surface area contributed by atoms with Gasteiger partial charge in [-0.2, -0.15) is 5.10 Å². The number of nitrogens with one attached hydrogen (secondary N) is 1. The van der Waals surface area contributed by atoms with Crippen molar-refractivity contribution in [2.45, 2.75) is 13.3 Å². The Morgan fingerprint density at radius 1 is 1.75 bits per heavy atom. The number of azide groups is 1. The fraction of sp³-hybridized carbons (Fsp3) is 0.556. The van der Waals surface area contributed by atoms with E-state index in [9.17, 15) is 4.79 Å². The lowest BCUT2D eigenvalue weighted by Gasteiger charge is -2.03. The maximum Gasteiger partial charge on any atom is 0.254 e. The molecular weight excluding hydrogens is 208 g/mol. The molecule has 0 unspecified atom stereocenters. The van der Waals surface area contributed by atoms with E-state index in [0.717, 1.165) is 5.69 Å². The van der Waals surface area contributed by atoms with Crippen LogP contribution in [0.4, 0.5) is 0 Å². The SMILES string of the molecule is Cc1c(C(=O)NCCCN=[N+]=[N-])cnn1C. The van der Waals surface area contributed by atoms with Crippen LogP contribution in [-0.4, -0.2) is 28.8 Å². The van der Waals surface area contributed by atoms with E-state index in [2.05, 4.69) is 20.4 Å². The van der Waals surface area contributed by atoms with Gasteiger partial charge in [0.2, 0.25) is 0 Å². The first-order valence-corrected chi connectivity index (χ1v) is 4.94. The van der Waals surface area contributed by atoms with Crippen molar-refractivity contribution in [1.29, 1.82) is 0 Å². The molecule has 1 amide bonds. The van der Waals surface area contributed by atoms with Crippen molar-refractivity contribution in [1.82, 2.24) is 15.1 Å². The minimum Gasteiger partial charge on any atom is -0.352 e. The highest BCUT2D eigenvalue weighted by molar-refractivity contribution is 5.94. The number of carbonyl (C=O) groups excluding carboxylic acids is 1. The standard InChI is InChI=1S/C9H14N6O/c1-7-8(6-13-15(7)2)9(16)11-4-3-5-12-14-10/h6H,3-5H2,1-2H3,(H,11,16). The second-order valence-electron chi connectivity index (χ2n) is 3.33. The van der Waals surface area contributed by atoms with E-state index in [0.29, 0.717) is 25.1 Å². The molecule has 0 aliphatic rings. The topological polar surface area (TPSA) is 95.7 Å². The average molecular weight is 222 g/mol. The van der Waals surface area contributed by atoms with Crippen molar-refractivity contribution in [3.8, 4) is 0 Å². The van der Waals surface area contributed by atoms with Crippen molar-refractivity contribution < 1.29 is 4.79 Å². The number of aryl methyl sites for hydroxylation is 1. The van der Waals surface area contributed by atoms with Gasteiger partial charge >= 0.3 is 0 Å². The minimum atomic E-state index is -0.147. The number of nitrogens with zero attached hydrogens (tertiary/aromatic N) is 5. The summed E-state index contributed by atoms with van der Waals surface area (Å²) in [5, 5.41) is 10.1. The molecule has 1 N–H and O–H groups in total. The predicted molar refractivity (Wildman–Crippen MR) is 58.9 cm³/mol. The Hall–Kier alpha value is -2.01. The molecule has 0 aliphatic heterocycles. The second-order valence-corrected chi connectivity index (χ2v) is 3.33. The Morgan fingerprint density at radius 3 is 3.06 bits per heavy atom. The zero-order chi connectivity index (χ0) is 12.0. The first-order valence-electron chi connectivity index (χ1n) is 4.94. The molecular formula is C9H14N6O. The van der Waals surface area contributed by atoms with Crippen LogP contribution in [0.5, 0.6) is 0 Å². The zero-order valence-corrected chi connectivity index (χ0v) is 9.34. The molecule has 0 radical (unpaired) electrons. The Kier molecular flexibility index (Phi) is 4.35. The van der Waals surface area contributed by atoms with Crippen LogP contribution >= 0.6 is 0 Å². The number of rotatable bonds is 5. The monoisotopic (exact) mass is 222 g/mol. The smallest absolute Gasteiger partial charge is 0.254 e. The molecule has 0 saturated heterocycles. The highest BCUT2D eigenvalue weighted by Crippen LogP contribution is 2.04. The van der Waals surface area contributed by atoms with Gasteiger partial charge in [0, 0.05) is 30.7 Å². The van der Waals surface area contributed by atoms with E-state index < -0.39 is 0 Å². The molecule has 0 aromatic carbocycles. The Morgan fingerprint density at radius 2 is 2.50 bits per heavy atom. The quantitative estimate of drug-likeness (QED) is 0.350. The van der Waals surface area contributed by atoms with Gasteiger partial charge in [-0.3, -0.25) is 9.48 Å². The van der Waals surface area contributed by atoms with E-state index in [1.54, 1.807) is 11.7 Å². The summed E-state index contributed by atoms with van der Waals surface area (Å²) >= 11 is 0. The molecule has 0 bridgehead atoms. The molecule has 16 heavy (non-hydrogen) atoms. The molecule has 1 aromatic rings. The van der Waals surface area contributed by atoms with Gasteiger partial charge in [-0.05, 0) is 18.9 Å². The maximum atomic E-state index is 11.6. The van der Waals surface area contributed by atoms with Crippen molar-refractivity contribution in [2.75, 3.05) is 13.1 Å². The van der Waals surface area contributed by atoms with E-state index in [1.807, 2.05) is 6.92 Å². The Balaban J connectivity index is 2.41. The lowest BCUT2D eigenvalue weighted by Crippen LogP contribution is -2.25. The fourth-order valence-corrected chi connectivity index (χ4v) is 1.21. The lowest BCUT2D eigenvalue weighted by atomic mass is 10.2. The highest BCUT2D eigenvalue weighted by atomic mass is 16.1. The van der Waals surface area contributed by atoms with Crippen LogP contribution in [0.2, 0.25) is 0 Å². The summed E-state index contributed by atoms with van der Waals surface area (Å²) in [6, 6.07) is 0.